The van der Waals surface area contributed by atoms with E-state index in [1.165, 1.54) is 0 Å². The van der Waals surface area contributed by atoms with Crippen molar-refractivity contribution in [3.63, 3.8) is 0 Å². The summed E-state index contributed by atoms with van der Waals surface area (Å²) in [6, 6.07) is 31.7. The SMILES string of the molecule is O=c1c2cc(Br)ccc2nc(-c2ccccc2)n1-c1ccccc1-c1nc2ccccc2n1CN1CCOCC1. The summed E-state index contributed by atoms with van der Waals surface area (Å²) >= 11 is 3.54. The number of fused-ring (bicyclic) bond motifs is 2. The molecule has 6 aromatic rings. The maximum atomic E-state index is 14.3. The predicted molar refractivity (Wildman–Crippen MR) is 162 cm³/mol. The summed E-state index contributed by atoms with van der Waals surface area (Å²) in [6.07, 6.45) is 0. The highest BCUT2D eigenvalue weighted by molar-refractivity contribution is 9.10. The number of hydrogen-bond acceptors (Lipinski definition) is 5. The molecule has 0 atom stereocenters. The zero-order valence-corrected chi connectivity index (χ0v) is 23.3. The molecule has 4 aromatic carbocycles. The molecule has 1 saturated heterocycles. The Balaban J connectivity index is 1.50. The Kier molecular flexibility index (Phi) is 6.51. The van der Waals surface area contributed by atoms with Crippen LogP contribution in [-0.2, 0) is 11.4 Å². The van der Waals surface area contributed by atoms with Crippen molar-refractivity contribution in [2.75, 3.05) is 26.3 Å². The Hall–Kier alpha value is -4.11. The van der Waals surface area contributed by atoms with E-state index in [2.05, 4.69) is 31.5 Å². The van der Waals surface area contributed by atoms with E-state index >= 15 is 0 Å². The monoisotopic (exact) mass is 591 g/mol. The minimum Gasteiger partial charge on any atom is -0.379 e. The number of benzene rings is 4. The highest BCUT2D eigenvalue weighted by atomic mass is 79.9. The van der Waals surface area contributed by atoms with Crippen molar-refractivity contribution in [2.45, 2.75) is 6.67 Å². The molecule has 7 nitrogen and oxygen atoms in total. The maximum absolute atomic E-state index is 14.3. The highest BCUT2D eigenvalue weighted by Crippen LogP contribution is 2.32. The van der Waals surface area contributed by atoms with Crippen LogP contribution >= 0.6 is 15.9 Å². The van der Waals surface area contributed by atoms with E-state index in [1.807, 2.05) is 91.0 Å². The Morgan fingerprint density at radius 2 is 1.50 bits per heavy atom. The van der Waals surface area contributed by atoms with Gasteiger partial charge in [0.2, 0.25) is 0 Å². The van der Waals surface area contributed by atoms with Crippen LogP contribution in [0.2, 0.25) is 0 Å². The smallest absolute Gasteiger partial charge is 0.266 e. The van der Waals surface area contributed by atoms with Crippen LogP contribution in [0.25, 0.3) is 50.4 Å². The third-order valence-corrected chi connectivity index (χ3v) is 7.84. The van der Waals surface area contributed by atoms with Gasteiger partial charge in [0, 0.05) is 28.7 Å². The van der Waals surface area contributed by atoms with Crippen LogP contribution in [0.1, 0.15) is 0 Å². The second-order valence-electron chi connectivity index (χ2n) is 9.84. The quantitative estimate of drug-likeness (QED) is 0.241. The Morgan fingerprint density at radius 1 is 0.775 bits per heavy atom. The fourth-order valence-electron chi connectivity index (χ4n) is 5.39. The molecule has 0 radical (unpaired) electrons. The van der Waals surface area contributed by atoms with Gasteiger partial charge in [0.05, 0.1) is 47.5 Å². The van der Waals surface area contributed by atoms with Crippen molar-refractivity contribution in [2.24, 2.45) is 0 Å². The molecule has 40 heavy (non-hydrogen) atoms. The Morgan fingerprint density at radius 3 is 2.35 bits per heavy atom. The van der Waals surface area contributed by atoms with Gasteiger partial charge in [0.1, 0.15) is 11.6 Å². The van der Waals surface area contributed by atoms with Crippen molar-refractivity contribution >= 4 is 37.9 Å². The molecule has 0 spiro atoms. The number of ether oxygens (including phenoxy) is 1. The first-order valence-corrected chi connectivity index (χ1v) is 14.1. The number of morpholine rings is 1. The van der Waals surface area contributed by atoms with Gasteiger partial charge in [-0.25, -0.2) is 9.97 Å². The maximum Gasteiger partial charge on any atom is 0.266 e. The second kappa shape index (κ2) is 10.5. The Bertz CT molecular complexity index is 1910. The molecule has 1 aliphatic rings. The number of para-hydroxylation sites is 3. The zero-order chi connectivity index (χ0) is 27.1. The van der Waals surface area contributed by atoms with Gasteiger partial charge in [-0.15, -0.1) is 0 Å². The van der Waals surface area contributed by atoms with E-state index in [0.717, 1.165) is 51.2 Å². The van der Waals surface area contributed by atoms with E-state index in [0.29, 0.717) is 36.6 Å². The van der Waals surface area contributed by atoms with Gasteiger partial charge >= 0.3 is 0 Å². The molecular formula is C32H26BrN5O2. The number of imidazole rings is 1. The van der Waals surface area contributed by atoms with Crippen LogP contribution in [0, 0.1) is 0 Å². The molecule has 1 aliphatic heterocycles. The molecule has 198 valence electrons. The average Bonchev–Trinajstić information content (AvgIpc) is 3.36. The largest absolute Gasteiger partial charge is 0.379 e. The lowest BCUT2D eigenvalue weighted by Crippen LogP contribution is -2.37. The van der Waals surface area contributed by atoms with Gasteiger partial charge in [-0.1, -0.05) is 70.5 Å². The van der Waals surface area contributed by atoms with Crippen LogP contribution < -0.4 is 5.56 Å². The summed E-state index contributed by atoms with van der Waals surface area (Å²) in [7, 11) is 0. The molecule has 0 unspecified atom stereocenters. The first kappa shape index (κ1) is 24.9. The summed E-state index contributed by atoms with van der Waals surface area (Å²) in [5, 5.41) is 0.547. The molecule has 3 heterocycles. The van der Waals surface area contributed by atoms with Gasteiger partial charge in [-0.05, 0) is 42.5 Å². The molecule has 0 bridgehead atoms. The standard InChI is InChI=1S/C32H26BrN5O2/c33-23-14-15-26-25(20-23)32(39)38(30(34-26)22-8-2-1-3-9-22)28-12-6-4-10-24(28)31-35-27-11-5-7-13-29(27)37(31)21-36-16-18-40-19-17-36/h1-15,20H,16-19,21H2. The number of hydrogen-bond donors (Lipinski definition) is 0. The third kappa shape index (κ3) is 4.44. The van der Waals surface area contributed by atoms with Gasteiger partial charge < -0.3 is 9.30 Å². The zero-order valence-electron chi connectivity index (χ0n) is 21.7. The molecule has 1 fully saturated rings. The minimum atomic E-state index is -0.131. The van der Waals surface area contributed by atoms with E-state index < -0.39 is 0 Å². The highest BCUT2D eigenvalue weighted by Gasteiger charge is 2.22. The second-order valence-corrected chi connectivity index (χ2v) is 10.8. The summed E-state index contributed by atoms with van der Waals surface area (Å²) in [4.78, 5) is 26.8. The van der Waals surface area contributed by atoms with E-state index in [-0.39, 0.29) is 5.56 Å². The van der Waals surface area contributed by atoms with Crippen LogP contribution in [-0.4, -0.2) is 50.3 Å². The van der Waals surface area contributed by atoms with Gasteiger partial charge in [-0.2, -0.15) is 0 Å². The van der Waals surface area contributed by atoms with Crippen molar-refractivity contribution in [3.05, 3.63) is 112 Å². The molecule has 0 saturated carbocycles. The average molecular weight is 592 g/mol. The van der Waals surface area contributed by atoms with Gasteiger partial charge in [0.25, 0.3) is 5.56 Å². The van der Waals surface area contributed by atoms with Crippen molar-refractivity contribution in [1.82, 2.24) is 24.0 Å². The van der Waals surface area contributed by atoms with E-state index in [1.54, 1.807) is 4.57 Å². The fraction of sp³-hybridized carbons (Fsp3) is 0.156. The van der Waals surface area contributed by atoms with Gasteiger partial charge in [0.15, 0.2) is 0 Å². The number of halogens is 1. The molecular weight excluding hydrogens is 566 g/mol. The number of rotatable bonds is 5. The van der Waals surface area contributed by atoms with Crippen molar-refractivity contribution < 1.29 is 4.74 Å². The predicted octanol–water partition coefficient (Wildman–Crippen LogP) is 6.12. The van der Waals surface area contributed by atoms with Crippen molar-refractivity contribution in [3.8, 4) is 28.5 Å². The molecule has 0 amide bonds. The number of nitrogens with zero attached hydrogens (tertiary/aromatic N) is 5. The third-order valence-electron chi connectivity index (χ3n) is 7.35. The Labute approximate surface area is 239 Å². The van der Waals surface area contributed by atoms with E-state index in [9.17, 15) is 4.79 Å². The van der Waals surface area contributed by atoms with Gasteiger partial charge in [-0.3, -0.25) is 14.3 Å². The normalized spacial score (nSPS) is 14.2. The summed E-state index contributed by atoms with van der Waals surface area (Å²) < 4.78 is 10.4. The lowest BCUT2D eigenvalue weighted by molar-refractivity contribution is 0.0244. The summed E-state index contributed by atoms with van der Waals surface area (Å²) in [5.74, 6) is 1.40. The van der Waals surface area contributed by atoms with Crippen LogP contribution in [0.5, 0.6) is 0 Å². The van der Waals surface area contributed by atoms with Crippen molar-refractivity contribution in [1.29, 1.82) is 0 Å². The first-order chi connectivity index (χ1) is 19.7. The summed E-state index contributed by atoms with van der Waals surface area (Å²) in [5.41, 5.74) is 4.95. The fourth-order valence-corrected chi connectivity index (χ4v) is 5.75. The molecule has 7 rings (SSSR count). The van der Waals surface area contributed by atoms with E-state index in [4.69, 9.17) is 14.7 Å². The van der Waals surface area contributed by atoms with Crippen LogP contribution in [0.3, 0.4) is 0 Å². The lowest BCUT2D eigenvalue weighted by atomic mass is 10.1. The first-order valence-electron chi connectivity index (χ1n) is 13.3. The van der Waals surface area contributed by atoms with Crippen LogP contribution in [0.15, 0.2) is 106 Å². The topological polar surface area (TPSA) is 65.2 Å². The summed E-state index contributed by atoms with van der Waals surface area (Å²) in [6.45, 7) is 3.82. The van der Waals surface area contributed by atoms with Crippen LogP contribution in [0.4, 0.5) is 0 Å². The molecule has 2 aromatic heterocycles. The molecule has 0 N–H and O–H groups in total. The molecule has 8 heteroatoms. The lowest BCUT2D eigenvalue weighted by Gasteiger charge is -2.28. The number of aromatic nitrogens is 4. The minimum absolute atomic E-state index is 0.131. The molecule has 0 aliphatic carbocycles.